The minimum Gasteiger partial charge on any atom is -0.495 e. The van der Waals surface area contributed by atoms with Crippen molar-refractivity contribution < 1.29 is 9.53 Å². The highest BCUT2D eigenvalue weighted by atomic mass is 16.5. The Morgan fingerprint density at radius 1 is 0.967 bits per heavy atom. The molecule has 5 nitrogen and oxygen atoms in total. The first-order chi connectivity index (χ1) is 14.6. The van der Waals surface area contributed by atoms with Gasteiger partial charge >= 0.3 is 0 Å². The number of ether oxygens (including phenoxy) is 1. The molecular formula is C25H29N3O2. The van der Waals surface area contributed by atoms with Crippen LogP contribution in [-0.4, -0.2) is 55.5 Å². The van der Waals surface area contributed by atoms with E-state index in [0.717, 1.165) is 44.0 Å². The van der Waals surface area contributed by atoms with Crippen molar-refractivity contribution in [3.63, 3.8) is 0 Å². The van der Waals surface area contributed by atoms with Crippen molar-refractivity contribution in [2.24, 2.45) is 0 Å². The molecule has 0 bridgehead atoms. The van der Waals surface area contributed by atoms with Gasteiger partial charge in [0.2, 0.25) is 5.91 Å². The summed E-state index contributed by atoms with van der Waals surface area (Å²) in [5, 5.41) is 5.62. The van der Waals surface area contributed by atoms with E-state index in [9.17, 15) is 4.79 Å². The average molecular weight is 404 g/mol. The van der Waals surface area contributed by atoms with E-state index in [1.165, 1.54) is 16.3 Å². The minimum atomic E-state index is 0.00130. The smallest absolute Gasteiger partial charge is 0.238 e. The first-order valence-electron chi connectivity index (χ1n) is 10.5. The van der Waals surface area contributed by atoms with Gasteiger partial charge in [0.1, 0.15) is 5.75 Å². The van der Waals surface area contributed by atoms with Gasteiger partial charge in [-0.1, -0.05) is 48.5 Å². The summed E-state index contributed by atoms with van der Waals surface area (Å²) in [6.45, 7) is 7.06. The molecule has 156 valence electrons. The number of nitrogens with zero attached hydrogens (tertiary/aromatic N) is 2. The number of rotatable bonds is 6. The molecule has 0 radical (unpaired) electrons. The Labute approximate surface area is 178 Å². The number of anilines is 1. The van der Waals surface area contributed by atoms with Gasteiger partial charge < -0.3 is 10.1 Å². The lowest BCUT2D eigenvalue weighted by molar-refractivity contribution is -0.117. The normalized spacial score (nSPS) is 15.3. The van der Waals surface area contributed by atoms with E-state index in [1.807, 2.05) is 25.1 Å². The highest BCUT2D eigenvalue weighted by Gasteiger charge is 2.20. The van der Waals surface area contributed by atoms with Gasteiger partial charge in [-0.25, -0.2) is 0 Å². The lowest BCUT2D eigenvalue weighted by atomic mass is 10.0. The Bertz CT molecular complexity index is 1020. The number of hydrogen-bond donors (Lipinski definition) is 1. The molecule has 3 aromatic rings. The summed E-state index contributed by atoms with van der Waals surface area (Å²) >= 11 is 0. The van der Waals surface area contributed by atoms with Gasteiger partial charge in [-0.05, 0) is 41.0 Å². The van der Waals surface area contributed by atoms with Crippen LogP contribution in [0.1, 0.15) is 11.1 Å². The number of aryl methyl sites for hydroxylation is 1. The van der Waals surface area contributed by atoms with Crippen molar-refractivity contribution in [2.75, 3.05) is 45.2 Å². The molecule has 1 aliphatic heterocycles. The highest BCUT2D eigenvalue weighted by Crippen LogP contribution is 2.25. The fraction of sp³-hybridized carbons (Fsp3) is 0.320. The number of amides is 1. The van der Waals surface area contributed by atoms with Gasteiger partial charge in [0.15, 0.2) is 0 Å². The standard InChI is InChI=1S/C25H29N3O2/c1-19-10-11-24(30-2)23(16-19)26-25(29)18-28-14-12-27(13-15-28)17-21-8-5-7-20-6-3-4-9-22(20)21/h3-11,16H,12-15,17-18H2,1-2H3,(H,26,29). The summed E-state index contributed by atoms with van der Waals surface area (Å²) < 4.78 is 5.36. The molecule has 4 rings (SSSR count). The second kappa shape index (κ2) is 9.28. The molecule has 0 unspecified atom stereocenters. The Morgan fingerprint density at radius 3 is 2.50 bits per heavy atom. The molecule has 5 heteroatoms. The molecule has 1 saturated heterocycles. The maximum absolute atomic E-state index is 12.6. The molecule has 1 heterocycles. The van der Waals surface area contributed by atoms with E-state index in [2.05, 4.69) is 57.6 Å². The molecule has 1 aliphatic rings. The Kier molecular flexibility index (Phi) is 6.31. The summed E-state index contributed by atoms with van der Waals surface area (Å²) in [5.41, 5.74) is 3.19. The van der Waals surface area contributed by atoms with Crippen LogP contribution in [0, 0.1) is 6.92 Å². The molecule has 1 fully saturated rings. The molecule has 0 atom stereocenters. The number of carbonyl (C=O) groups excluding carboxylic acids is 1. The predicted molar refractivity (Wildman–Crippen MR) is 122 cm³/mol. The molecule has 0 saturated carbocycles. The predicted octanol–water partition coefficient (Wildman–Crippen LogP) is 3.91. The van der Waals surface area contributed by atoms with Gasteiger partial charge in [-0.2, -0.15) is 0 Å². The van der Waals surface area contributed by atoms with Crippen molar-refractivity contribution in [2.45, 2.75) is 13.5 Å². The number of piperazine rings is 1. The van der Waals surface area contributed by atoms with E-state index in [0.29, 0.717) is 12.3 Å². The van der Waals surface area contributed by atoms with Gasteiger partial charge in [-0.3, -0.25) is 14.6 Å². The fourth-order valence-corrected chi connectivity index (χ4v) is 4.09. The molecular weight excluding hydrogens is 374 g/mol. The van der Waals surface area contributed by atoms with E-state index in [1.54, 1.807) is 7.11 Å². The van der Waals surface area contributed by atoms with Crippen LogP contribution in [0.2, 0.25) is 0 Å². The summed E-state index contributed by atoms with van der Waals surface area (Å²) in [5.74, 6) is 0.690. The molecule has 1 amide bonds. The third-order valence-corrected chi connectivity index (χ3v) is 5.74. The van der Waals surface area contributed by atoms with E-state index >= 15 is 0 Å². The van der Waals surface area contributed by atoms with Crippen molar-refractivity contribution in [3.05, 3.63) is 71.8 Å². The summed E-state index contributed by atoms with van der Waals surface area (Å²) in [6, 6.07) is 20.9. The van der Waals surface area contributed by atoms with Crippen molar-refractivity contribution in [1.29, 1.82) is 0 Å². The zero-order valence-electron chi connectivity index (χ0n) is 17.7. The molecule has 1 N–H and O–H groups in total. The number of hydrogen-bond acceptors (Lipinski definition) is 4. The maximum Gasteiger partial charge on any atom is 0.238 e. The zero-order valence-corrected chi connectivity index (χ0v) is 17.7. The van der Waals surface area contributed by atoms with Crippen LogP contribution in [0.25, 0.3) is 10.8 Å². The zero-order chi connectivity index (χ0) is 20.9. The number of fused-ring (bicyclic) bond motifs is 1. The Hall–Kier alpha value is -2.89. The Morgan fingerprint density at radius 2 is 1.70 bits per heavy atom. The van der Waals surface area contributed by atoms with E-state index < -0.39 is 0 Å². The number of benzene rings is 3. The average Bonchev–Trinajstić information content (AvgIpc) is 2.75. The van der Waals surface area contributed by atoms with Gasteiger partial charge in [0.25, 0.3) is 0 Å². The molecule has 0 spiro atoms. The van der Waals surface area contributed by atoms with Crippen LogP contribution in [0.15, 0.2) is 60.7 Å². The van der Waals surface area contributed by atoms with Gasteiger partial charge in [0, 0.05) is 32.7 Å². The SMILES string of the molecule is COc1ccc(C)cc1NC(=O)CN1CCN(Cc2cccc3ccccc23)CC1. The first-order valence-corrected chi connectivity index (χ1v) is 10.5. The molecule has 3 aromatic carbocycles. The maximum atomic E-state index is 12.6. The van der Waals surface area contributed by atoms with Crippen LogP contribution in [0.4, 0.5) is 5.69 Å². The minimum absolute atomic E-state index is 0.00130. The van der Waals surface area contributed by atoms with E-state index in [-0.39, 0.29) is 5.91 Å². The topological polar surface area (TPSA) is 44.8 Å². The number of methoxy groups -OCH3 is 1. The van der Waals surface area contributed by atoms with Crippen LogP contribution in [0.5, 0.6) is 5.75 Å². The summed E-state index contributed by atoms with van der Waals surface area (Å²) in [6.07, 6.45) is 0. The third kappa shape index (κ3) is 4.81. The van der Waals surface area contributed by atoms with Crippen LogP contribution in [0.3, 0.4) is 0 Å². The van der Waals surface area contributed by atoms with Crippen LogP contribution < -0.4 is 10.1 Å². The van der Waals surface area contributed by atoms with Crippen molar-refractivity contribution >= 4 is 22.4 Å². The largest absolute Gasteiger partial charge is 0.495 e. The number of carbonyl (C=O) groups is 1. The van der Waals surface area contributed by atoms with Crippen LogP contribution >= 0.6 is 0 Å². The molecule has 30 heavy (non-hydrogen) atoms. The Balaban J connectivity index is 1.30. The van der Waals surface area contributed by atoms with Gasteiger partial charge in [0.05, 0.1) is 19.3 Å². The molecule has 0 aromatic heterocycles. The summed E-state index contributed by atoms with van der Waals surface area (Å²) in [7, 11) is 1.62. The third-order valence-electron chi connectivity index (χ3n) is 5.74. The first kappa shape index (κ1) is 20.4. The van der Waals surface area contributed by atoms with Crippen molar-refractivity contribution in [1.82, 2.24) is 9.80 Å². The second-order valence-electron chi connectivity index (χ2n) is 7.94. The monoisotopic (exact) mass is 403 g/mol. The fourth-order valence-electron chi connectivity index (χ4n) is 4.09. The number of nitrogens with one attached hydrogen (secondary N) is 1. The highest BCUT2D eigenvalue weighted by molar-refractivity contribution is 5.93. The lowest BCUT2D eigenvalue weighted by Crippen LogP contribution is -2.48. The summed E-state index contributed by atoms with van der Waals surface area (Å²) in [4.78, 5) is 17.2. The van der Waals surface area contributed by atoms with Crippen molar-refractivity contribution in [3.8, 4) is 5.75 Å². The quantitative estimate of drug-likeness (QED) is 0.678. The molecule has 0 aliphatic carbocycles. The van der Waals surface area contributed by atoms with Gasteiger partial charge in [-0.15, -0.1) is 0 Å². The lowest BCUT2D eigenvalue weighted by Gasteiger charge is -2.34. The van der Waals surface area contributed by atoms with Crippen LogP contribution in [-0.2, 0) is 11.3 Å². The second-order valence-corrected chi connectivity index (χ2v) is 7.94. The van der Waals surface area contributed by atoms with E-state index in [4.69, 9.17) is 4.74 Å².